The number of hydrogen-bond donors (Lipinski definition) is 2. The highest BCUT2D eigenvalue weighted by Crippen LogP contribution is 2.44. The van der Waals surface area contributed by atoms with Gasteiger partial charge >= 0.3 is 11.9 Å². The number of hydrogen-bond acceptors (Lipinski definition) is 5. The summed E-state index contributed by atoms with van der Waals surface area (Å²) in [7, 11) is -2.22. The molecule has 0 aromatic carbocycles. The van der Waals surface area contributed by atoms with Gasteiger partial charge in [0.1, 0.15) is 12.2 Å². The molecule has 0 fully saturated rings. The van der Waals surface area contributed by atoms with E-state index >= 15 is 0 Å². The molecule has 0 aliphatic rings. The molecule has 0 aliphatic carbocycles. The van der Waals surface area contributed by atoms with Crippen molar-refractivity contribution in [1.82, 2.24) is 0 Å². The first-order valence-corrected chi connectivity index (χ1v) is 18.1. The molecule has 242 valence electrons. The fourth-order valence-corrected chi connectivity index (χ4v) is 11.4. The molecule has 0 bridgehead atoms. The number of unbranched alkanes of at least 4 members (excludes halogenated alkanes) is 1. The van der Waals surface area contributed by atoms with Crippen LogP contribution in [0.15, 0.2) is 48.6 Å². The van der Waals surface area contributed by atoms with Crippen LogP contribution in [0.1, 0.15) is 108 Å². The SMILES string of the molecule is C=C(CC/C=C/[C@H](O[Si](C(C)C)(C(C)C)C(C)C)[C@H](C)/C=C/[C@@H](OC(C)=O)[C@H](O)[C@H](C)/C=C/CCC)[C@H](C)CC(=O)O. The van der Waals surface area contributed by atoms with Crippen molar-refractivity contribution in [3.05, 3.63) is 48.6 Å². The van der Waals surface area contributed by atoms with Crippen molar-refractivity contribution in [3.63, 3.8) is 0 Å². The molecule has 0 aliphatic heterocycles. The van der Waals surface area contributed by atoms with E-state index in [0.29, 0.717) is 23.0 Å². The summed E-state index contributed by atoms with van der Waals surface area (Å²) in [5, 5.41) is 20.2. The average Bonchev–Trinajstić information content (AvgIpc) is 2.88. The van der Waals surface area contributed by atoms with E-state index in [9.17, 15) is 14.7 Å². The molecular formula is C35H62O6Si. The fourth-order valence-electron chi connectivity index (χ4n) is 5.82. The normalized spacial score (nSPS) is 17.3. The first-order valence-electron chi connectivity index (χ1n) is 15.9. The van der Waals surface area contributed by atoms with Gasteiger partial charge in [0.25, 0.3) is 0 Å². The minimum absolute atomic E-state index is 0.0466. The van der Waals surface area contributed by atoms with Gasteiger partial charge in [-0.3, -0.25) is 9.59 Å². The predicted octanol–water partition coefficient (Wildman–Crippen LogP) is 9.03. The second kappa shape index (κ2) is 20.1. The number of carboxylic acids is 1. The molecule has 0 saturated heterocycles. The summed E-state index contributed by atoms with van der Waals surface area (Å²) >= 11 is 0. The Morgan fingerprint density at radius 1 is 0.810 bits per heavy atom. The lowest BCUT2D eigenvalue weighted by molar-refractivity contribution is -0.149. The smallest absolute Gasteiger partial charge is 0.303 e. The minimum Gasteiger partial charge on any atom is -0.481 e. The maximum Gasteiger partial charge on any atom is 0.303 e. The average molecular weight is 607 g/mol. The Hall–Kier alpha value is -1.96. The van der Waals surface area contributed by atoms with Crippen molar-refractivity contribution in [2.45, 2.75) is 143 Å². The van der Waals surface area contributed by atoms with Crippen LogP contribution in [-0.4, -0.2) is 48.8 Å². The van der Waals surface area contributed by atoms with Crippen molar-refractivity contribution >= 4 is 20.3 Å². The van der Waals surface area contributed by atoms with Crippen molar-refractivity contribution in [1.29, 1.82) is 0 Å². The van der Waals surface area contributed by atoms with Gasteiger partial charge in [-0.2, -0.15) is 0 Å². The van der Waals surface area contributed by atoms with Crippen LogP contribution in [0.5, 0.6) is 0 Å². The quantitative estimate of drug-likeness (QED) is 0.0769. The first kappa shape index (κ1) is 40.0. The Kier molecular flexibility index (Phi) is 19.1. The number of rotatable bonds is 21. The molecule has 6 atom stereocenters. The van der Waals surface area contributed by atoms with Crippen molar-refractivity contribution in [2.24, 2.45) is 17.8 Å². The number of aliphatic carboxylic acids is 1. The maximum absolute atomic E-state index is 11.9. The third-order valence-electron chi connectivity index (χ3n) is 8.38. The zero-order chi connectivity index (χ0) is 32.6. The van der Waals surface area contributed by atoms with Gasteiger partial charge < -0.3 is 19.4 Å². The summed E-state index contributed by atoms with van der Waals surface area (Å²) < 4.78 is 12.7. The Bertz CT molecular complexity index is 881. The van der Waals surface area contributed by atoms with Gasteiger partial charge in [0.2, 0.25) is 8.32 Å². The highest BCUT2D eigenvalue weighted by Gasteiger charge is 2.46. The number of esters is 1. The standard InChI is InChI=1S/C35H62O6Si/c1-13-14-15-19-29(10)35(39)33(40-31(12)36)22-21-28(9)32(41-42(24(2)3,25(4)5)26(6)7)20-17-16-18-27(8)30(11)23-34(37)38/h15,17,19-22,24-26,28-30,32-33,35,39H,8,13-14,16,18,23H2,1-7,9-12H3,(H,37,38)/b19-15+,20-17+,22-21+/t28-,29-,30-,32+,33-,35-/m1/s1. The summed E-state index contributed by atoms with van der Waals surface area (Å²) in [4.78, 5) is 23.0. The van der Waals surface area contributed by atoms with Gasteiger partial charge in [0, 0.05) is 18.8 Å². The summed E-state index contributed by atoms with van der Waals surface area (Å²) in [6, 6.07) is 0. The molecule has 0 aromatic rings. The Balaban J connectivity index is 6.18. The summed E-state index contributed by atoms with van der Waals surface area (Å²) in [5.74, 6) is -1.54. The molecule has 0 unspecified atom stereocenters. The van der Waals surface area contributed by atoms with Crippen LogP contribution in [0.3, 0.4) is 0 Å². The van der Waals surface area contributed by atoms with E-state index in [4.69, 9.17) is 14.3 Å². The second-order valence-corrected chi connectivity index (χ2v) is 18.3. The van der Waals surface area contributed by atoms with E-state index in [2.05, 4.69) is 80.2 Å². The van der Waals surface area contributed by atoms with Crippen LogP contribution >= 0.6 is 0 Å². The van der Waals surface area contributed by atoms with Gasteiger partial charge in [0.15, 0.2) is 0 Å². The van der Waals surface area contributed by atoms with Gasteiger partial charge in [0.05, 0.1) is 12.5 Å². The molecule has 42 heavy (non-hydrogen) atoms. The number of aliphatic hydroxyl groups excluding tert-OH is 1. The van der Waals surface area contributed by atoms with Crippen LogP contribution in [0, 0.1) is 17.8 Å². The lowest BCUT2D eigenvalue weighted by Gasteiger charge is -2.45. The molecule has 0 aromatic heterocycles. The monoisotopic (exact) mass is 606 g/mol. The van der Waals surface area contributed by atoms with Crippen LogP contribution < -0.4 is 0 Å². The number of carboxylic acid groups (broad SMARTS) is 1. The zero-order valence-corrected chi connectivity index (χ0v) is 29.4. The first-order chi connectivity index (χ1) is 19.5. The number of aliphatic hydroxyl groups is 1. The molecule has 0 heterocycles. The van der Waals surface area contributed by atoms with Crippen molar-refractivity contribution < 1.29 is 29.0 Å². The third-order valence-corrected chi connectivity index (χ3v) is 14.5. The lowest BCUT2D eigenvalue weighted by Crippen LogP contribution is -2.50. The van der Waals surface area contributed by atoms with Gasteiger partial charge in [-0.25, -0.2) is 0 Å². The molecule has 0 rings (SSSR count). The maximum atomic E-state index is 11.9. The van der Waals surface area contributed by atoms with E-state index in [-0.39, 0.29) is 30.3 Å². The Morgan fingerprint density at radius 2 is 1.36 bits per heavy atom. The molecule has 6 nitrogen and oxygen atoms in total. The van der Waals surface area contributed by atoms with Gasteiger partial charge in [-0.15, -0.1) is 0 Å². The molecule has 7 heteroatoms. The largest absolute Gasteiger partial charge is 0.481 e. The highest BCUT2D eigenvalue weighted by atomic mass is 28.4. The summed E-state index contributed by atoms with van der Waals surface area (Å²) in [6.45, 7) is 27.1. The van der Waals surface area contributed by atoms with Crippen LogP contribution in [0.4, 0.5) is 0 Å². The molecule has 0 radical (unpaired) electrons. The third kappa shape index (κ3) is 13.6. The van der Waals surface area contributed by atoms with Crippen molar-refractivity contribution in [2.75, 3.05) is 0 Å². The van der Waals surface area contributed by atoms with Crippen LogP contribution in [-0.2, 0) is 18.8 Å². The number of ether oxygens (including phenoxy) is 1. The second-order valence-electron chi connectivity index (χ2n) is 12.9. The number of carbonyl (C=O) groups excluding carboxylic acids is 1. The molecule has 2 N–H and O–H groups in total. The van der Waals surface area contributed by atoms with Crippen LogP contribution in [0.25, 0.3) is 0 Å². The van der Waals surface area contributed by atoms with E-state index in [1.54, 1.807) is 0 Å². The fraction of sp³-hybridized carbons (Fsp3) is 0.714. The highest BCUT2D eigenvalue weighted by molar-refractivity contribution is 6.77. The van der Waals surface area contributed by atoms with E-state index in [0.717, 1.165) is 24.8 Å². The van der Waals surface area contributed by atoms with E-state index in [1.807, 2.05) is 32.1 Å². The molecule has 0 saturated carbocycles. The number of allylic oxidation sites excluding steroid dienone is 3. The Labute approximate surface area is 258 Å². The van der Waals surface area contributed by atoms with Crippen LogP contribution in [0.2, 0.25) is 16.6 Å². The molecule has 0 spiro atoms. The van der Waals surface area contributed by atoms with E-state index < -0.39 is 32.5 Å². The molecular weight excluding hydrogens is 544 g/mol. The predicted molar refractivity (Wildman–Crippen MR) is 178 cm³/mol. The van der Waals surface area contributed by atoms with Gasteiger partial charge in [-0.05, 0) is 47.9 Å². The van der Waals surface area contributed by atoms with Crippen molar-refractivity contribution in [3.8, 4) is 0 Å². The molecule has 0 amide bonds. The van der Waals surface area contributed by atoms with E-state index in [1.165, 1.54) is 6.92 Å². The lowest BCUT2D eigenvalue weighted by atomic mass is 9.94. The Morgan fingerprint density at radius 3 is 1.83 bits per heavy atom. The minimum atomic E-state index is -2.22. The summed E-state index contributed by atoms with van der Waals surface area (Å²) in [6.07, 6.45) is 13.8. The topological polar surface area (TPSA) is 93.1 Å². The number of carbonyl (C=O) groups is 2. The van der Waals surface area contributed by atoms with Gasteiger partial charge in [-0.1, -0.05) is 118 Å². The summed E-state index contributed by atoms with van der Waals surface area (Å²) in [5.41, 5.74) is 2.16. The zero-order valence-electron chi connectivity index (χ0n) is 28.4.